The summed E-state index contributed by atoms with van der Waals surface area (Å²) in [6, 6.07) is 2.24. The minimum atomic E-state index is 0.690. The molecule has 0 aliphatic rings. The number of hydrogen-bond donors (Lipinski definition) is 1. The van der Waals surface area contributed by atoms with Gasteiger partial charge in [-0.05, 0) is 43.9 Å². The number of aryl methyl sites for hydroxylation is 1. The largest absolute Gasteiger partial charge is 0.356 e. The van der Waals surface area contributed by atoms with E-state index in [-0.39, 0.29) is 0 Å². The van der Waals surface area contributed by atoms with Gasteiger partial charge in [-0.25, -0.2) is 4.98 Å². The molecule has 108 valence electrons. The van der Waals surface area contributed by atoms with Gasteiger partial charge in [0.1, 0.15) is 5.82 Å². The van der Waals surface area contributed by atoms with Crippen molar-refractivity contribution in [1.29, 1.82) is 0 Å². The molecule has 0 bridgehead atoms. The SMILES string of the molecule is CCCCN(CCCC)c1ncc(CCN)cc1C. The summed E-state index contributed by atoms with van der Waals surface area (Å²) in [6.07, 6.45) is 7.82. The quantitative estimate of drug-likeness (QED) is 0.743. The highest BCUT2D eigenvalue weighted by Crippen LogP contribution is 2.19. The lowest BCUT2D eigenvalue weighted by molar-refractivity contribution is 0.669. The first-order valence-electron chi connectivity index (χ1n) is 7.63. The average Bonchev–Trinajstić information content (AvgIpc) is 2.40. The topological polar surface area (TPSA) is 42.2 Å². The van der Waals surface area contributed by atoms with Gasteiger partial charge in [0.2, 0.25) is 0 Å². The molecule has 19 heavy (non-hydrogen) atoms. The van der Waals surface area contributed by atoms with Crippen molar-refractivity contribution in [2.75, 3.05) is 24.5 Å². The molecule has 1 aromatic rings. The van der Waals surface area contributed by atoms with Crippen molar-refractivity contribution in [2.45, 2.75) is 52.9 Å². The standard InChI is InChI=1S/C16H29N3/c1-4-6-10-19(11-7-5-2)16-14(3)12-15(8-9-17)13-18-16/h12-13H,4-11,17H2,1-3H3. The van der Waals surface area contributed by atoms with Crippen molar-refractivity contribution >= 4 is 5.82 Å². The lowest BCUT2D eigenvalue weighted by Gasteiger charge is -2.25. The van der Waals surface area contributed by atoms with Gasteiger partial charge >= 0.3 is 0 Å². The highest BCUT2D eigenvalue weighted by molar-refractivity contribution is 5.47. The molecule has 3 heteroatoms. The molecule has 1 heterocycles. The maximum absolute atomic E-state index is 5.60. The summed E-state index contributed by atoms with van der Waals surface area (Å²) in [4.78, 5) is 7.11. The summed E-state index contributed by atoms with van der Waals surface area (Å²) < 4.78 is 0. The third-order valence-corrected chi connectivity index (χ3v) is 3.40. The van der Waals surface area contributed by atoms with Crippen molar-refractivity contribution in [3.8, 4) is 0 Å². The second-order valence-corrected chi connectivity index (χ2v) is 5.22. The molecule has 0 aromatic carbocycles. The minimum absolute atomic E-state index is 0.690. The Balaban J connectivity index is 2.81. The Labute approximate surface area is 118 Å². The predicted molar refractivity (Wildman–Crippen MR) is 83.8 cm³/mol. The van der Waals surface area contributed by atoms with Crippen LogP contribution in [-0.2, 0) is 6.42 Å². The molecule has 0 saturated heterocycles. The Bertz CT molecular complexity index is 355. The lowest BCUT2D eigenvalue weighted by Crippen LogP contribution is -2.27. The fourth-order valence-corrected chi connectivity index (χ4v) is 2.28. The molecule has 0 fully saturated rings. The Kier molecular flexibility index (Phi) is 7.49. The van der Waals surface area contributed by atoms with Gasteiger partial charge in [0.25, 0.3) is 0 Å². The third-order valence-electron chi connectivity index (χ3n) is 3.40. The molecule has 0 spiro atoms. The summed E-state index contributed by atoms with van der Waals surface area (Å²) in [5.41, 5.74) is 8.12. The number of nitrogens with two attached hydrogens (primary N) is 1. The molecule has 0 aliphatic heterocycles. The highest BCUT2D eigenvalue weighted by atomic mass is 15.2. The number of pyridine rings is 1. The van der Waals surface area contributed by atoms with E-state index >= 15 is 0 Å². The molecule has 0 saturated carbocycles. The van der Waals surface area contributed by atoms with Gasteiger partial charge in [0.15, 0.2) is 0 Å². The van der Waals surface area contributed by atoms with Crippen LogP contribution < -0.4 is 10.6 Å². The molecular weight excluding hydrogens is 234 g/mol. The van der Waals surface area contributed by atoms with Gasteiger partial charge in [-0.2, -0.15) is 0 Å². The van der Waals surface area contributed by atoms with Crippen molar-refractivity contribution in [3.05, 3.63) is 23.4 Å². The van der Waals surface area contributed by atoms with Crippen LogP contribution in [-0.4, -0.2) is 24.6 Å². The van der Waals surface area contributed by atoms with E-state index in [4.69, 9.17) is 5.73 Å². The molecule has 1 rings (SSSR count). The highest BCUT2D eigenvalue weighted by Gasteiger charge is 2.10. The zero-order valence-electron chi connectivity index (χ0n) is 12.8. The number of nitrogens with zero attached hydrogens (tertiary/aromatic N) is 2. The number of anilines is 1. The van der Waals surface area contributed by atoms with Crippen LogP contribution in [0, 0.1) is 6.92 Å². The predicted octanol–water partition coefficient (Wildman–Crippen LogP) is 3.30. The first kappa shape index (κ1) is 16.0. The summed E-state index contributed by atoms with van der Waals surface area (Å²) in [5, 5.41) is 0. The van der Waals surface area contributed by atoms with Crippen molar-refractivity contribution in [1.82, 2.24) is 4.98 Å². The lowest BCUT2D eigenvalue weighted by atomic mass is 10.1. The van der Waals surface area contributed by atoms with E-state index in [9.17, 15) is 0 Å². The first-order valence-corrected chi connectivity index (χ1v) is 7.63. The average molecular weight is 263 g/mol. The van der Waals surface area contributed by atoms with Crippen LogP contribution in [0.2, 0.25) is 0 Å². The van der Waals surface area contributed by atoms with Crippen LogP contribution in [0.1, 0.15) is 50.7 Å². The van der Waals surface area contributed by atoms with Gasteiger partial charge in [0, 0.05) is 19.3 Å². The van der Waals surface area contributed by atoms with Crippen LogP contribution in [0.4, 0.5) is 5.82 Å². The zero-order valence-corrected chi connectivity index (χ0v) is 12.8. The van der Waals surface area contributed by atoms with Crippen LogP contribution in [0.15, 0.2) is 12.3 Å². The van der Waals surface area contributed by atoms with Gasteiger partial charge in [-0.1, -0.05) is 32.8 Å². The molecule has 0 unspecified atom stereocenters. The van der Waals surface area contributed by atoms with E-state index in [1.807, 2.05) is 6.20 Å². The first-order chi connectivity index (χ1) is 9.22. The van der Waals surface area contributed by atoms with Crippen molar-refractivity contribution < 1.29 is 0 Å². The summed E-state index contributed by atoms with van der Waals surface area (Å²) in [6.45, 7) is 9.55. The second kappa shape index (κ2) is 8.92. The fourth-order valence-electron chi connectivity index (χ4n) is 2.28. The number of aromatic nitrogens is 1. The monoisotopic (exact) mass is 263 g/mol. The summed E-state index contributed by atoms with van der Waals surface area (Å²) in [5.74, 6) is 1.16. The maximum Gasteiger partial charge on any atom is 0.131 e. The van der Waals surface area contributed by atoms with E-state index in [0.29, 0.717) is 6.54 Å². The van der Waals surface area contributed by atoms with Crippen LogP contribution >= 0.6 is 0 Å². The number of rotatable bonds is 9. The summed E-state index contributed by atoms with van der Waals surface area (Å²) in [7, 11) is 0. The Morgan fingerprint density at radius 1 is 1.16 bits per heavy atom. The molecule has 0 radical (unpaired) electrons. The van der Waals surface area contributed by atoms with E-state index < -0.39 is 0 Å². The van der Waals surface area contributed by atoms with Crippen LogP contribution in [0.25, 0.3) is 0 Å². The molecule has 3 nitrogen and oxygen atoms in total. The number of unbranched alkanes of at least 4 members (excludes halogenated alkanes) is 2. The van der Waals surface area contributed by atoms with Crippen molar-refractivity contribution in [3.63, 3.8) is 0 Å². The number of hydrogen-bond acceptors (Lipinski definition) is 3. The molecule has 2 N–H and O–H groups in total. The smallest absolute Gasteiger partial charge is 0.131 e. The molecule has 0 aliphatic carbocycles. The van der Waals surface area contributed by atoms with Crippen molar-refractivity contribution in [2.24, 2.45) is 5.73 Å². The molecule has 0 atom stereocenters. The normalized spacial score (nSPS) is 10.7. The van der Waals surface area contributed by atoms with E-state index in [1.165, 1.54) is 36.8 Å². The van der Waals surface area contributed by atoms with Crippen LogP contribution in [0.5, 0.6) is 0 Å². The van der Waals surface area contributed by atoms with Crippen LogP contribution in [0.3, 0.4) is 0 Å². The van der Waals surface area contributed by atoms with Gasteiger partial charge in [-0.15, -0.1) is 0 Å². The summed E-state index contributed by atoms with van der Waals surface area (Å²) >= 11 is 0. The fraction of sp³-hybridized carbons (Fsp3) is 0.688. The van der Waals surface area contributed by atoms with Gasteiger partial charge in [0.05, 0.1) is 0 Å². The maximum atomic E-state index is 5.60. The van der Waals surface area contributed by atoms with Gasteiger partial charge < -0.3 is 10.6 Å². The Morgan fingerprint density at radius 2 is 1.79 bits per heavy atom. The Morgan fingerprint density at radius 3 is 2.26 bits per heavy atom. The zero-order chi connectivity index (χ0) is 14.1. The minimum Gasteiger partial charge on any atom is -0.356 e. The Hall–Kier alpha value is -1.09. The molecule has 1 aromatic heterocycles. The van der Waals surface area contributed by atoms with E-state index in [0.717, 1.165) is 25.3 Å². The van der Waals surface area contributed by atoms with E-state index in [2.05, 4.69) is 36.7 Å². The second-order valence-electron chi connectivity index (χ2n) is 5.22. The third kappa shape index (κ3) is 5.19. The molecule has 0 amide bonds. The van der Waals surface area contributed by atoms with Gasteiger partial charge in [-0.3, -0.25) is 0 Å². The molecular formula is C16H29N3. The van der Waals surface area contributed by atoms with E-state index in [1.54, 1.807) is 0 Å².